The van der Waals surface area contributed by atoms with Gasteiger partial charge in [-0.3, -0.25) is 4.79 Å². The monoisotopic (exact) mass is 263 g/mol. The number of carbonyl (C=O) groups is 1. The fraction of sp³-hybridized carbons (Fsp3) is 0.188. The molecular formula is C16H13N3O. The van der Waals surface area contributed by atoms with Gasteiger partial charge >= 0.3 is 0 Å². The van der Waals surface area contributed by atoms with Crippen molar-refractivity contribution in [2.24, 2.45) is 0 Å². The van der Waals surface area contributed by atoms with Crippen LogP contribution in [0, 0.1) is 11.3 Å². The first-order valence-electron chi connectivity index (χ1n) is 6.50. The Morgan fingerprint density at radius 2 is 2.15 bits per heavy atom. The SMILES string of the molecule is N#Cc1cc(CN2CCC(=O)c3ccccc32)ccn1. The van der Waals surface area contributed by atoms with E-state index in [0.717, 1.165) is 16.8 Å². The minimum absolute atomic E-state index is 0.198. The van der Waals surface area contributed by atoms with Crippen molar-refractivity contribution in [2.75, 3.05) is 11.4 Å². The lowest BCUT2D eigenvalue weighted by Gasteiger charge is -2.30. The number of ketones is 1. The smallest absolute Gasteiger partial charge is 0.166 e. The predicted octanol–water partition coefficient (Wildman–Crippen LogP) is 2.55. The largest absolute Gasteiger partial charge is 0.366 e. The van der Waals surface area contributed by atoms with E-state index in [1.807, 2.05) is 36.4 Å². The molecule has 0 spiro atoms. The number of benzene rings is 1. The minimum Gasteiger partial charge on any atom is -0.366 e. The van der Waals surface area contributed by atoms with Crippen LogP contribution in [0.25, 0.3) is 0 Å². The Morgan fingerprint density at radius 3 is 3.00 bits per heavy atom. The van der Waals surface area contributed by atoms with Gasteiger partial charge in [-0.05, 0) is 29.8 Å². The lowest BCUT2D eigenvalue weighted by molar-refractivity contribution is 0.0979. The van der Waals surface area contributed by atoms with Crippen molar-refractivity contribution in [3.8, 4) is 6.07 Å². The maximum atomic E-state index is 11.9. The first-order chi connectivity index (χ1) is 9.78. The highest BCUT2D eigenvalue weighted by Gasteiger charge is 2.22. The van der Waals surface area contributed by atoms with Crippen molar-refractivity contribution < 1.29 is 4.79 Å². The minimum atomic E-state index is 0.198. The molecule has 2 heterocycles. The molecule has 0 radical (unpaired) electrons. The third-order valence-electron chi connectivity index (χ3n) is 3.47. The van der Waals surface area contributed by atoms with Gasteiger partial charge in [-0.1, -0.05) is 12.1 Å². The van der Waals surface area contributed by atoms with Gasteiger partial charge in [-0.25, -0.2) is 4.98 Å². The van der Waals surface area contributed by atoms with Gasteiger partial charge in [-0.2, -0.15) is 5.26 Å². The molecule has 0 fully saturated rings. The fourth-order valence-electron chi connectivity index (χ4n) is 2.50. The number of nitriles is 1. The molecule has 0 atom stereocenters. The van der Waals surface area contributed by atoms with Crippen molar-refractivity contribution in [1.82, 2.24) is 4.98 Å². The number of anilines is 1. The molecular weight excluding hydrogens is 250 g/mol. The Kier molecular flexibility index (Phi) is 3.18. The van der Waals surface area contributed by atoms with Gasteiger partial charge in [0, 0.05) is 37.0 Å². The molecule has 98 valence electrons. The molecule has 20 heavy (non-hydrogen) atoms. The standard InChI is InChI=1S/C16H13N3O/c17-10-13-9-12(5-7-18-13)11-19-8-6-16(20)14-3-1-2-4-15(14)19/h1-5,7,9H,6,8,11H2. The second kappa shape index (κ2) is 5.14. The molecule has 1 aliphatic rings. The van der Waals surface area contributed by atoms with Crippen LogP contribution in [-0.2, 0) is 6.54 Å². The molecule has 2 aromatic rings. The maximum Gasteiger partial charge on any atom is 0.166 e. The summed E-state index contributed by atoms with van der Waals surface area (Å²) in [6.45, 7) is 1.39. The van der Waals surface area contributed by atoms with Crippen LogP contribution in [-0.4, -0.2) is 17.3 Å². The molecule has 1 aromatic heterocycles. The first-order valence-corrected chi connectivity index (χ1v) is 6.50. The van der Waals surface area contributed by atoms with Gasteiger partial charge in [0.1, 0.15) is 11.8 Å². The quantitative estimate of drug-likeness (QED) is 0.835. The summed E-state index contributed by atoms with van der Waals surface area (Å²) < 4.78 is 0. The average molecular weight is 263 g/mol. The second-order valence-electron chi connectivity index (χ2n) is 4.77. The molecule has 0 amide bonds. The fourth-order valence-corrected chi connectivity index (χ4v) is 2.50. The average Bonchev–Trinajstić information content (AvgIpc) is 2.51. The number of hydrogen-bond acceptors (Lipinski definition) is 4. The molecule has 0 bridgehead atoms. The van der Waals surface area contributed by atoms with Crippen LogP contribution in [0.15, 0.2) is 42.6 Å². The summed E-state index contributed by atoms with van der Waals surface area (Å²) in [5, 5.41) is 8.89. The van der Waals surface area contributed by atoms with Crippen LogP contribution in [0.2, 0.25) is 0 Å². The summed E-state index contributed by atoms with van der Waals surface area (Å²) in [7, 11) is 0. The lowest BCUT2D eigenvalue weighted by atomic mass is 10.00. The maximum absolute atomic E-state index is 11.9. The van der Waals surface area contributed by atoms with Crippen molar-refractivity contribution in [2.45, 2.75) is 13.0 Å². The topological polar surface area (TPSA) is 57.0 Å². The van der Waals surface area contributed by atoms with Crippen LogP contribution in [0.5, 0.6) is 0 Å². The van der Waals surface area contributed by atoms with Gasteiger partial charge in [0.15, 0.2) is 5.78 Å². The van der Waals surface area contributed by atoms with Gasteiger partial charge in [0.2, 0.25) is 0 Å². The number of aromatic nitrogens is 1. The van der Waals surface area contributed by atoms with E-state index in [2.05, 4.69) is 9.88 Å². The lowest BCUT2D eigenvalue weighted by Crippen LogP contribution is -2.31. The van der Waals surface area contributed by atoms with Crippen LogP contribution >= 0.6 is 0 Å². The number of fused-ring (bicyclic) bond motifs is 1. The molecule has 1 aliphatic heterocycles. The van der Waals surface area contributed by atoms with E-state index in [1.165, 1.54) is 0 Å². The van der Waals surface area contributed by atoms with E-state index in [4.69, 9.17) is 5.26 Å². The zero-order valence-corrected chi connectivity index (χ0v) is 10.9. The molecule has 4 heteroatoms. The Bertz CT molecular complexity index is 703. The third-order valence-corrected chi connectivity index (χ3v) is 3.47. The van der Waals surface area contributed by atoms with E-state index in [1.54, 1.807) is 12.3 Å². The van der Waals surface area contributed by atoms with Gasteiger partial charge in [0.25, 0.3) is 0 Å². The molecule has 4 nitrogen and oxygen atoms in total. The summed E-state index contributed by atoms with van der Waals surface area (Å²) in [6, 6.07) is 13.4. The number of rotatable bonds is 2. The Balaban J connectivity index is 1.90. The molecule has 3 rings (SSSR count). The predicted molar refractivity (Wildman–Crippen MR) is 75.4 cm³/mol. The van der Waals surface area contributed by atoms with Crippen molar-refractivity contribution in [3.63, 3.8) is 0 Å². The number of para-hydroxylation sites is 1. The Labute approximate surface area is 117 Å². The molecule has 0 unspecified atom stereocenters. The van der Waals surface area contributed by atoms with Crippen LogP contribution in [0.1, 0.15) is 28.0 Å². The normalized spacial score (nSPS) is 13.8. The van der Waals surface area contributed by atoms with Gasteiger partial charge in [0.05, 0.1) is 0 Å². The van der Waals surface area contributed by atoms with E-state index in [0.29, 0.717) is 25.2 Å². The van der Waals surface area contributed by atoms with Gasteiger partial charge in [-0.15, -0.1) is 0 Å². The van der Waals surface area contributed by atoms with Crippen LogP contribution in [0.3, 0.4) is 0 Å². The summed E-state index contributed by atoms with van der Waals surface area (Å²) >= 11 is 0. The van der Waals surface area contributed by atoms with E-state index in [-0.39, 0.29) is 5.78 Å². The Morgan fingerprint density at radius 1 is 1.30 bits per heavy atom. The summed E-state index contributed by atoms with van der Waals surface area (Å²) in [5.41, 5.74) is 3.21. The zero-order valence-electron chi connectivity index (χ0n) is 10.9. The number of Topliss-reactive ketones (excluding diaryl/α,β-unsaturated/α-hetero) is 1. The number of pyridine rings is 1. The van der Waals surface area contributed by atoms with Crippen molar-refractivity contribution in [3.05, 3.63) is 59.4 Å². The molecule has 1 aromatic carbocycles. The highest BCUT2D eigenvalue weighted by atomic mass is 16.1. The molecule has 0 saturated carbocycles. The van der Waals surface area contributed by atoms with Crippen LogP contribution < -0.4 is 4.90 Å². The molecule has 0 N–H and O–H groups in total. The number of hydrogen-bond donors (Lipinski definition) is 0. The molecule has 0 aliphatic carbocycles. The second-order valence-corrected chi connectivity index (χ2v) is 4.77. The third kappa shape index (κ3) is 2.26. The van der Waals surface area contributed by atoms with Gasteiger partial charge < -0.3 is 4.90 Å². The van der Waals surface area contributed by atoms with Crippen LogP contribution in [0.4, 0.5) is 5.69 Å². The number of carbonyl (C=O) groups excluding carboxylic acids is 1. The van der Waals surface area contributed by atoms with E-state index < -0.39 is 0 Å². The first kappa shape index (κ1) is 12.4. The summed E-state index contributed by atoms with van der Waals surface area (Å²) in [5.74, 6) is 0.198. The highest BCUT2D eigenvalue weighted by Crippen LogP contribution is 2.28. The summed E-state index contributed by atoms with van der Waals surface area (Å²) in [6.07, 6.45) is 2.18. The van der Waals surface area contributed by atoms with Crippen molar-refractivity contribution in [1.29, 1.82) is 5.26 Å². The summed E-state index contributed by atoms with van der Waals surface area (Å²) in [4.78, 5) is 18.1. The van der Waals surface area contributed by atoms with E-state index in [9.17, 15) is 4.79 Å². The zero-order chi connectivity index (χ0) is 13.9. The highest BCUT2D eigenvalue weighted by molar-refractivity contribution is 6.03. The van der Waals surface area contributed by atoms with E-state index >= 15 is 0 Å². The number of nitrogens with zero attached hydrogens (tertiary/aromatic N) is 3. The Hall–Kier alpha value is -2.67. The van der Waals surface area contributed by atoms with Crippen molar-refractivity contribution >= 4 is 11.5 Å². The molecule has 0 saturated heterocycles.